The van der Waals surface area contributed by atoms with Crippen LogP contribution in [0.15, 0.2) is 18.2 Å². The summed E-state index contributed by atoms with van der Waals surface area (Å²) in [5.41, 5.74) is 7.06. The van der Waals surface area contributed by atoms with Crippen molar-refractivity contribution < 1.29 is 10.2 Å². The largest absolute Gasteiger partial charge is 0.508 e. The molecular weight excluding hydrogens is 202 g/mol. The third kappa shape index (κ3) is 2.54. The predicted octanol–water partition coefficient (Wildman–Crippen LogP) is 2.07. The van der Waals surface area contributed by atoms with Gasteiger partial charge in [-0.3, -0.25) is 0 Å². The molecule has 0 aliphatic rings. The Hall–Kier alpha value is -1.06. The van der Waals surface area contributed by atoms with Crippen LogP contribution in [0.1, 0.15) is 44.4 Å². The summed E-state index contributed by atoms with van der Waals surface area (Å²) < 4.78 is 0. The Labute approximate surface area is 96.9 Å². The van der Waals surface area contributed by atoms with Gasteiger partial charge in [-0.25, -0.2) is 0 Å². The molecule has 0 bridgehead atoms. The standard InChI is InChI=1S/C13H21NO2/c1-4-13(2,3)9-5-6-11(15)10(7-9)12(16)8-14/h5-7,12,15-16H,4,8,14H2,1-3H3. The van der Waals surface area contributed by atoms with Crippen molar-refractivity contribution in [2.24, 2.45) is 5.73 Å². The fraction of sp³-hybridized carbons (Fsp3) is 0.538. The first-order valence-corrected chi connectivity index (χ1v) is 5.64. The molecule has 0 spiro atoms. The fourth-order valence-corrected chi connectivity index (χ4v) is 1.57. The highest BCUT2D eigenvalue weighted by atomic mass is 16.3. The van der Waals surface area contributed by atoms with Crippen LogP contribution in [0.4, 0.5) is 0 Å². The third-order valence-electron chi connectivity index (χ3n) is 3.28. The minimum atomic E-state index is -0.799. The van der Waals surface area contributed by atoms with E-state index in [9.17, 15) is 10.2 Å². The summed E-state index contributed by atoms with van der Waals surface area (Å²) in [6.45, 7) is 6.51. The minimum absolute atomic E-state index is 0.0385. The van der Waals surface area contributed by atoms with E-state index in [0.717, 1.165) is 12.0 Å². The molecule has 0 fully saturated rings. The zero-order chi connectivity index (χ0) is 12.3. The van der Waals surface area contributed by atoms with Gasteiger partial charge in [0.15, 0.2) is 0 Å². The van der Waals surface area contributed by atoms with E-state index in [4.69, 9.17) is 5.73 Å². The average molecular weight is 223 g/mol. The maximum Gasteiger partial charge on any atom is 0.121 e. The first kappa shape index (κ1) is 13.0. The molecule has 1 atom stereocenters. The lowest BCUT2D eigenvalue weighted by Gasteiger charge is -2.25. The van der Waals surface area contributed by atoms with E-state index in [1.807, 2.05) is 12.1 Å². The molecule has 0 aliphatic carbocycles. The highest BCUT2D eigenvalue weighted by Gasteiger charge is 2.20. The maximum absolute atomic E-state index is 9.69. The molecule has 1 rings (SSSR count). The molecule has 16 heavy (non-hydrogen) atoms. The Morgan fingerprint density at radius 2 is 2.00 bits per heavy atom. The van der Waals surface area contributed by atoms with E-state index in [2.05, 4.69) is 20.8 Å². The van der Waals surface area contributed by atoms with E-state index in [1.54, 1.807) is 6.07 Å². The minimum Gasteiger partial charge on any atom is -0.508 e. The van der Waals surface area contributed by atoms with E-state index in [-0.39, 0.29) is 17.7 Å². The molecule has 0 aromatic heterocycles. The topological polar surface area (TPSA) is 66.5 Å². The van der Waals surface area contributed by atoms with Crippen LogP contribution in [-0.2, 0) is 5.41 Å². The number of hydrogen-bond acceptors (Lipinski definition) is 3. The second-order valence-corrected chi connectivity index (χ2v) is 4.76. The molecule has 0 heterocycles. The van der Waals surface area contributed by atoms with Gasteiger partial charge < -0.3 is 15.9 Å². The Kier molecular flexibility index (Phi) is 3.94. The lowest BCUT2D eigenvalue weighted by Crippen LogP contribution is -2.17. The molecule has 4 N–H and O–H groups in total. The van der Waals surface area contributed by atoms with Crippen molar-refractivity contribution in [1.82, 2.24) is 0 Å². The van der Waals surface area contributed by atoms with Crippen molar-refractivity contribution in [1.29, 1.82) is 0 Å². The summed E-state index contributed by atoms with van der Waals surface area (Å²) in [5, 5.41) is 19.3. The normalized spacial score (nSPS) is 13.8. The Balaban J connectivity index is 3.17. The number of aliphatic hydroxyl groups excluding tert-OH is 1. The van der Waals surface area contributed by atoms with Gasteiger partial charge in [0.25, 0.3) is 0 Å². The van der Waals surface area contributed by atoms with Crippen LogP contribution < -0.4 is 5.73 Å². The summed E-state index contributed by atoms with van der Waals surface area (Å²) >= 11 is 0. The number of phenolic OH excluding ortho intramolecular Hbond substituents is 1. The molecule has 1 aromatic rings. The van der Waals surface area contributed by atoms with Crippen LogP contribution in [-0.4, -0.2) is 16.8 Å². The van der Waals surface area contributed by atoms with Crippen LogP contribution in [0.5, 0.6) is 5.75 Å². The Morgan fingerprint density at radius 3 is 2.50 bits per heavy atom. The van der Waals surface area contributed by atoms with Crippen LogP contribution >= 0.6 is 0 Å². The molecule has 0 saturated heterocycles. The van der Waals surface area contributed by atoms with Crippen molar-refractivity contribution in [3.05, 3.63) is 29.3 Å². The summed E-state index contributed by atoms with van der Waals surface area (Å²) in [6.07, 6.45) is 0.197. The van der Waals surface area contributed by atoms with Crippen molar-refractivity contribution in [3.8, 4) is 5.75 Å². The average Bonchev–Trinajstić information content (AvgIpc) is 2.28. The Bertz CT molecular complexity index is 361. The van der Waals surface area contributed by atoms with Gasteiger partial charge in [0, 0.05) is 12.1 Å². The first-order chi connectivity index (χ1) is 7.42. The number of aromatic hydroxyl groups is 1. The molecule has 1 aromatic carbocycles. The molecule has 0 amide bonds. The number of rotatable bonds is 4. The highest BCUT2D eigenvalue weighted by Crippen LogP contribution is 2.32. The van der Waals surface area contributed by atoms with Crippen molar-refractivity contribution >= 4 is 0 Å². The van der Waals surface area contributed by atoms with Crippen LogP contribution in [0.2, 0.25) is 0 Å². The SMILES string of the molecule is CCC(C)(C)c1ccc(O)c(C(O)CN)c1. The lowest BCUT2D eigenvalue weighted by atomic mass is 9.81. The van der Waals surface area contributed by atoms with Crippen LogP contribution in [0, 0.1) is 0 Å². The van der Waals surface area contributed by atoms with Crippen LogP contribution in [0.3, 0.4) is 0 Å². The number of aliphatic hydroxyl groups is 1. The highest BCUT2D eigenvalue weighted by molar-refractivity contribution is 5.40. The molecule has 0 aliphatic heterocycles. The van der Waals surface area contributed by atoms with Gasteiger partial charge in [0.2, 0.25) is 0 Å². The van der Waals surface area contributed by atoms with Gasteiger partial charge >= 0.3 is 0 Å². The number of phenols is 1. The number of benzene rings is 1. The second kappa shape index (κ2) is 4.85. The van der Waals surface area contributed by atoms with Crippen molar-refractivity contribution in [2.45, 2.75) is 38.7 Å². The monoisotopic (exact) mass is 223 g/mol. The predicted molar refractivity (Wildman–Crippen MR) is 65.4 cm³/mol. The van der Waals surface area contributed by atoms with E-state index in [0.29, 0.717) is 5.56 Å². The molecule has 1 unspecified atom stereocenters. The summed E-state index contributed by atoms with van der Waals surface area (Å²) in [6, 6.07) is 5.36. The van der Waals surface area contributed by atoms with Gasteiger partial charge in [-0.15, -0.1) is 0 Å². The van der Waals surface area contributed by atoms with E-state index >= 15 is 0 Å². The Morgan fingerprint density at radius 1 is 1.38 bits per heavy atom. The molecule has 0 radical (unpaired) electrons. The molecule has 3 nitrogen and oxygen atoms in total. The fourth-order valence-electron chi connectivity index (χ4n) is 1.57. The zero-order valence-electron chi connectivity index (χ0n) is 10.2. The quantitative estimate of drug-likeness (QED) is 0.732. The van der Waals surface area contributed by atoms with Gasteiger partial charge in [-0.1, -0.05) is 26.8 Å². The molecular formula is C13H21NO2. The summed E-state index contributed by atoms with van der Waals surface area (Å²) in [4.78, 5) is 0. The van der Waals surface area contributed by atoms with E-state index in [1.165, 1.54) is 0 Å². The lowest BCUT2D eigenvalue weighted by molar-refractivity contribution is 0.182. The van der Waals surface area contributed by atoms with E-state index < -0.39 is 6.10 Å². The smallest absolute Gasteiger partial charge is 0.121 e. The molecule has 3 heteroatoms. The maximum atomic E-state index is 9.69. The molecule has 0 saturated carbocycles. The molecule has 90 valence electrons. The number of hydrogen-bond donors (Lipinski definition) is 3. The van der Waals surface area contributed by atoms with Crippen molar-refractivity contribution in [3.63, 3.8) is 0 Å². The second-order valence-electron chi connectivity index (χ2n) is 4.76. The zero-order valence-corrected chi connectivity index (χ0v) is 10.2. The van der Waals surface area contributed by atoms with Crippen LogP contribution in [0.25, 0.3) is 0 Å². The number of nitrogens with two attached hydrogens (primary N) is 1. The summed E-state index contributed by atoms with van der Waals surface area (Å²) in [7, 11) is 0. The third-order valence-corrected chi connectivity index (χ3v) is 3.28. The van der Waals surface area contributed by atoms with Gasteiger partial charge in [0.1, 0.15) is 5.75 Å². The van der Waals surface area contributed by atoms with Crippen molar-refractivity contribution in [2.75, 3.05) is 6.54 Å². The van der Waals surface area contributed by atoms with Gasteiger partial charge in [-0.05, 0) is 29.5 Å². The van der Waals surface area contributed by atoms with Gasteiger partial charge in [0.05, 0.1) is 6.10 Å². The first-order valence-electron chi connectivity index (χ1n) is 5.64. The summed E-state index contributed by atoms with van der Waals surface area (Å²) in [5.74, 6) is 0.105. The van der Waals surface area contributed by atoms with Gasteiger partial charge in [-0.2, -0.15) is 0 Å².